The number of benzene rings is 1. The van der Waals surface area contributed by atoms with Gasteiger partial charge in [-0.1, -0.05) is 36.8 Å². The Morgan fingerprint density at radius 2 is 1.90 bits per heavy atom. The van der Waals surface area contributed by atoms with Crippen LogP contribution in [0.25, 0.3) is 0 Å². The predicted molar refractivity (Wildman–Crippen MR) is 81.7 cm³/mol. The Hall–Kier alpha value is -0.900. The van der Waals surface area contributed by atoms with Crippen molar-refractivity contribution in [2.24, 2.45) is 5.92 Å². The van der Waals surface area contributed by atoms with Crippen LogP contribution in [0.1, 0.15) is 30.9 Å². The number of ether oxygens (including phenoxy) is 1. The molecule has 0 amide bonds. The van der Waals surface area contributed by atoms with E-state index in [-0.39, 0.29) is 6.10 Å². The van der Waals surface area contributed by atoms with Crippen LogP contribution in [0.3, 0.4) is 0 Å². The lowest BCUT2D eigenvalue weighted by Gasteiger charge is -2.31. The highest BCUT2D eigenvalue weighted by Crippen LogP contribution is 2.16. The molecule has 0 radical (unpaired) electrons. The Morgan fingerprint density at radius 3 is 2.55 bits per heavy atom. The Kier molecular flexibility index (Phi) is 6.02. The number of nitrogens with zero attached hydrogens (tertiary/aromatic N) is 1. The lowest BCUT2D eigenvalue weighted by Crippen LogP contribution is -2.39. The highest BCUT2D eigenvalue weighted by atomic mass is 16.5. The average Bonchev–Trinajstić information content (AvgIpc) is 2.44. The molecule has 0 spiro atoms. The van der Waals surface area contributed by atoms with Gasteiger partial charge in [0, 0.05) is 6.54 Å². The van der Waals surface area contributed by atoms with Crippen LogP contribution < -0.4 is 0 Å². The monoisotopic (exact) mass is 277 g/mol. The second kappa shape index (κ2) is 7.77. The summed E-state index contributed by atoms with van der Waals surface area (Å²) in [4.78, 5) is 2.35. The van der Waals surface area contributed by atoms with Crippen molar-refractivity contribution in [2.75, 3.05) is 26.2 Å². The zero-order valence-corrected chi connectivity index (χ0v) is 12.7. The van der Waals surface area contributed by atoms with Gasteiger partial charge in [-0.15, -0.1) is 0 Å². The maximum Gasteiger partial charge on any atom is 0.0900 e. The van der Waals surface area contributed by atoms with E-state index in [1.54, 1.807) is 0 Å². The molecule has 0 bridgehead atoms. The van der Waals surface area contributed by atoms with Gasteiger partial charge in [-0.05, 0) is 44.3 Å². The Morgan fingerprint density at radius 1 is 1.25 bits per heavy atom. The topological polar surface area (TPSA) is 32.7 Å². The van der Waals surface area contributed by atoms with E-state index in [1.165, 1.54) is 18.4 Å². The summed E-state index contributed by atoms with van der Waals surface area (Å²) in [7, 11) is 0. The summed E-state index contributed by atoms with van der Waals surface area (Å²) >= 11 is 0. The van der Waals surface area contributed by atoms with Crippen LogP contribution in [0.2, 0.25) is 0 Å². The van der Waals surface area contributed by atoms with Gasteiger partial charge in [0.1, 0.15) is 0 Å². The number of piperidine rings is 1. The summed E-state index contributed by atoms with van der Waals surface area (Å²) < 4.78 is 5.61. The summed E-state index contributed by atoms with van der Waals surface area (Å²) in [5, 5.41) is 10.0. The molecule has 3 heteroatoms. The van der Waals surface area contributed by atoms with Gasteiger partial charge in [0.25, 0.3) is 0 Å². The summed E-state index contributed by atoms with van der Waals surface area (Å²) in [6.07, 6.45) is 2.11. The molecule has 3 nitrogen and oxygen atoms in total. The third-order valence-electron chi connectivity index (χ3n) is 4.04. The van der Waals surface area contributed by atoms with Crippen molar-refractivity contribution in [3.8, 4) is 0 Å². The first-order valence-corrected chi connectivity index (χ1v) is 7.67. The van der Waals surface area contributed by atoms with Crippen molar-refractivity contribution < 1.29 is 9.84 Å². The summed E-state index contributed by atoms with van der Waals surface area (Å²) in [5.41, 5.74) is 2.42. The largest absolute Gasteiger partial charge is 0.389 e. The molecular weight excluding hydrogens is 250 g/mol. The molecule has 1 unspecified atom stereocenters. The molecule has 1 atom stereocenters. The Balaban J connectivity index is 1.62. The van der Waals surface area contributed by atoms with Crippen LogP contribution in [0.15, 0.2) is 24.3 Å². The van der Waals surface area contributed by atoms with E-state index in [1.807, 2.05) is 0 Å². The fourth-order valence-corrected chi connectivity index (χ4v) is 2.59. The smallest absolute Gasteiger partial charge is 0.0900 e. The molecule has 112 valence electrons. The molecule has 0 aliphatic carbocycles. The summed E-state index contributed by atoms with van der Waals surface area (Å²) in [6, 6.07) is 8.33. The van der Waals surface area contributed by atoms with Crippen LogP contribution in [0.4, 0.5) is 0 Å². The molecule has 1 aliphatic rings. The van der Waals surface area contributed by atoms with Crippen molar-refractivity contribution in [3.05, 3.63) is 35.4 Å². The third kappa shape index (κ3) is 5.23. The first kappa shape index (κ1) is 15.5. The number of hydrogen-bond donors (Lipinski definition) is 1. The van der Waals surface area contributed by atoms with Gasteiger partial charge in [-0.25, -0.2) is 0 Å². The molecule has 2 rings (SSSR count). The normalized spacial score (nSPS) is 19.1. The maximum atomic E-state index is 10.0. The Bertz CT molecular complexity index is 382. The first-order valence-electron chi connectivity index (χ1n) is 7.67. The fourth-order valence-electron chi connectivity index (χ4n) is 2.59. The number of aliphatic hydroxyl groups is 1. The lowest BCUT2D eigenvalue weighted by molar-refractivity contribution is 0.00496. The lowest BCUT2D eigenvalue weighted by atomic mass is 9.99. The second-order valence-corrected chi connectivity index (χ2v) is 6.14. The van der Waals surface area contributed by atoms with Crippen LogP contribution >= 0.6 is 0 Å². The molecule has 0 aromatic heterocycles. The number of aryl methyl sites for hydroxylation is 1. The van der Waals surface area contributed by atoms with Crippen molar-refractivity contribution in [1.29, 1.82) is 0 Å². The van der Waals surface area contributed by atoms with Crippen molar-refractivity contribution in [2.45, 2.75) is 39.4 Å². The van der Waals surface area contributed by atoms with E-state index in [2.05, 4.69) is 43.0 Å². The molecule has 1 fully saturated rings. The molecule has 1 heterocycles. The first-order chi connectivity index (χ1) is 9.63. The van der Waals surface area contributed by atoms with Crippen molar-refractivity contribution >= 4 is 0 Å². The Labute approximate surface area is 122 Å². The third-order valence-corrected chi connectivity index (χ3v) is 4.04. The maximum absolute atomic E-state index is 10.0. The molecular formula is C17H27NO2. The van der Waals surface area contributed by atoms with Gasteiger partial charge in [0.05, 0.1) is 19.3 Å². The van der Waals surface area contributed by atoms with Gasteiger partial charge in [0.15, 0.2) is 0 Å². The number of β-amino-alcohol motifs (C(OH)–C–C–N with tert-alkyl or cyclic N) is 1. The molecule has 0 saturated carbocycles. The van der Waals surface area contributed by atoms with Gasteiger partial charge in [-0.3, -0.25) is 0 Å². The highest BCUT2D eigenvalue weighted by Gasteiger charge is 2.18. The fraction of sp³-hybridized carbons (Fsp3) is 0.647. The zero-order chi connectivity index (χ0) is 14.4. The molecule has 1 aromatic rings. The zero-order valence-electron chi connectivity index (χ0n) is 12.7. The second-order valence-electron chi connectivity index (χ2n) is 6.14. The van der Waals surface area contributed by atoms with E-state index in [9.17, 15) is 5.11 Å². The highest BCUT2D eigenvalue weighted by molar-refractivity contribution is 5.20. The van der Waals surface area contributed by atoms with Gasteiger partial charge in [0.2, 0.25) is 0 Å². The molecule has 1 saturated heterocycles. The van der Waals surface area contributed by atoms with Crippen LogP contribution in [-0.2, 0) is 11.3 Å². The SMILES string of the molecule is Cc1ccc(COCC(O)CN2CCC(C)CC2)cc1. The van der Waals surface area contributed by atoms with Gasteiger partial charge in [-0.2, -0.15) is 0 Å². The predicted octanol–water partition coefficient (Wildman–Crippen LogP) is 2.60. The minimum atomic E-state index is -0.381. The van der Waals surface area contributed by atoms with Crippen molar-refractivity contribution in [1.82, 2.24) is 4.90 Å². The van der Waals surface area contributed by atoms with E-state index in [0.29, 0.717) is 13.2 Å². The quantitative estimate of drug-likeness (QED) is 0.867. The van der Waals surface area contributed by atoms with Crippen LogP contribution in [0, 0.1) is 12.8 Å². The van der Waals surface area contributed by atoms with Gasteiger partial charge >= 0.3 is 0 Å². The number of hydrogen-bond acceptors (Lipinski definition) is 3. The van der Waals surface area contributed by atoms with E-state index in [4.69, 9.17) is 4.74 Å². The number of aliphatic hydroxyl groups excluding tert-OH is 1. The van der Waals surface area contributed by atoms with E-state index >= 15 is 0 Å². The number of likely N-dealkylation sites (tertiary alicyclic amines) is 1. The average molecular weight is 277 g/mol. The minimum absolute atomic E-state index is 0.381. The van der Waals surface area contributed by atoms with Crippen LogP contribution in [0.5, 0.6) is 0 Å². The molecule has 1 N–H and O–H groups in total. The van der Waals surface area contributed by atoms with Crippen LogP contribution in [-0.4, -0.2) is 42.4 Å². The van der Waals surface area contributed by atoms with Crippen molar-refractivity contribution in [3.63, 3.8) is 0 Å². The number of rotatable bonds is 6. The van der Waals surface area contributed by atoms with Gasteiger partial charge < -0.3 is 14.7 Å². The van der Waals surface area contributed by atoms with E-state index < -0.39 is 0 Å². The summed E-state index contributed by atoms with van der Waals surface area (Å²) in [6.45, 7) is 8.33. The molecule has 20 heavy (non-hydrogen) atoms. The molecule has 1 aromatic carbocycles. The van der Waals surface area contributed by atoms with E-state index in [0.717, 1.165) is 31.1 Å². The molecule has 1 aliphatic heterocycles. The minimum Gasteiger partial charge on any atom is -0.389 e. The standard InChI is InChI=1S/C17H27NO2/c1-14-3-5-16(6-4-14)12-20-13-17(19)11-18-9-7-15(2)8-10-18/h3-6,15,17,19H,7-13H2,1-2H3. The summed E-state index contributed by atoms with van der Waals surface area (Å²) in [5.74, 6) is 0.834.